The Morgan fingerprint density at radius 2 is 1.85 bits per heavy atom. The van der Waals surface area contributed by atoms with Crippen molar-refractivity contribution in [3.05, 3.63) is 14.5 Å². The van der Waals surface area contributed by atoms with Gasteiger partial charge in [0.1, 0.15) is 0 Å². The monoisotopic (exact) mass is 261 g/mol. The maximum absolute atomic E-state index is 4.54. The highest BCUT2D eigenvalue weighted by molar-refractivity contribution is 9.11. The molecular weight excluding hydrogens is 246 g/mol. The zero-order chi connectivity index (χ0) is 10.2. The first-order valence-electron chi connectivity index (χ1n) is 4.49. The van der Waals surface area contributed by atoms with E-state index in [1.54, 1.807) is 11.3 Å². The molecule has 1 rings (SSSR count). The van der Waals surface area contributed by atoms with E-state index in [-0.39, 0.29) is 5.41 Å². The van der Waals surface area contributed by atoms with Gasteiger partial charge in [-0.2, -0.15) is 0 Å². The number of aromatic nitrogens is 1. The third-order valence-electron chi connectivity index (χ3n) is 1.86. The fraction of sp³-hybridized carbons (Fsp3) is 0.700. The maximum Gasteiger partial charge on any atom is 0.159 e. The summed E-state index contributed by atoms with van der Waals surface area (Å²) in [4.78, 5) is 5.94. The molecule has 1 nitrogen and oxygen atoms in total. The summed E-state index contributed by atoms with van der Waals surface area (Å²) in [5, 5.41) is 0. The molecule has 0 radical (unpaired) electrons. The van der Waals surface area contributed by atoms with Crippen LogP contribution in [0.15, 0.2) is 3.92 Å². The first kappa shape index (κ1) is 11.2. The lowest BCUT2D eigenvalue weighted by Crippen LogP contribution is -2.14. The molecule has 0 bridgehead atoms. The second kappa shape index (κ2) is 3.70. The number of thiazole rings is 1. The predicted octanol–water partition coefficient (Wildman–Crippen LogP) is 4.33. The van der Waals surface area contributed by atoms with Gasteiger partial charge < -0.3 is 0 Å². The van der Waals surface area contributed by atoms with Gasteiger partial charge >= 0.3 is 0 Å². The van der Waals surface area contributed by atoms with E-state index in [1.807, 2.05) is 0 Å². The van der Waals surface area contributed by atoms with Gasteiger partial charge in [0.05, 0.1) is 5.69 Å². The van der Waals surface area contributed by atoms with Crippen LogP contribution in [0.3, 0.4) is 0 Å². The van der Waals surface area contributed by atoms with Crippen LogP contribution in [0.2, 0.25) is 0 Å². The zero-order valence-electron chi connectivity index (χ0n) is 8.81. The number of hydrogen-bond acceptors (Lipinski definition) is 2. The van der Waals surface area contributed by atoms with Crippen LogP contribution in [0, 0.1) is 0 Å². The van der Waals surface area contributed by atoms with Crippen LogP contribution in [0.4, 0.5) is 0 Å². The Labute approximate surface area is 92.7 Å². The Balaban J connectivity index is 3.20. The van der Waals surface area contributed by atoms with Crippen LogP contribution < -0.4 is 0 Å². The largest absolute Gasteiger partial charge is 0.233 e. The molecule has 0 fully saturated rings. The molecule has 1 aromatic rings. The summed E-state index contributed by atoms with van der Waals surface area (Å²) < 4.78 is 1.00. The molecule has 1 aromatic heterocycles. The molecule has 0 aromatic carbocycles. The molecule has 1 heterocycles. The lowest BCUT2D eigenvalue weighted by atomic mass is 9.89. The van der Waals surface area contributed by atoms with Gasteiger partial charge in [-0.1, -0.05) is 34.6 Å². The molecule has 0 spiro atoms. The van der Waals surface area contributed by atoms with Gasteiger partial charge in [0, 0.05) is 10.3 Å². The van der Waals surface area contributed by atoms with E-state index in [1.165, 1.54) is 10.6 Å². The Bertz CT molecular complexity index is 296. The SMILES string of the molecule is CC(C)c1sc(Br)nc1C(C)(C)C. The van der Waals surface area contributed by atoms with Crippen molar-refractivity contribution in [1.29, 1.82) is 0 Å². The van der Waals surface area contributed by atoms with Gasteiger partial charge in [0.25, 0.3) is 0 Å². The van der Waals surface area contributed by atoms with Crippen LogP contribution in [0.1, 0.15) is 51.1 Å². The Morgan fingerprint density at radius 1 is 1.31 bits per heavy atom. The molecule has 0 aliphatic heterocycles. The Morgan fingerprint density at radius 3 is 2.15 bits per heavy atom. The minimum absolute atomic E-state index is 0.155. The minimum atomic E-state index is 0.155. The topological polar surface area (TPSA) is 12.9 Å². The molecule has 0 aliphatic carbocycles. The molecular formula is C10H16BrNS. The lowest BCUT2D eigenvalue weighted by Gasteiger charge is -2.18. The van der Waals surface area contributed by atoms with E-state index >= 15 is 0 Å². The number of halogens is 1. The van der Waals surface area contributed by atoms with Crippen molar-refractivity contribution in [2.24, 2.45) is 0 Å². The van der Waals surface area contributed by atoms with Crippen molar-refractivity contribution in [1.82, 2.24) is 4.98 Å². The van der Waals surface area contributed by atoms with Crippen molar-refractivity contribution in [2.75, 3.05) is 0 Å². The van der Waals surface area contributed by atoms with Crippen LogP contribution in [-0.2, 0) is 5.41 Å². The summed E-state index contributed by atoms with van der Waals surface area (Å²) in [6.45, 7) is 11.1. The summed E-state index contributed by atoms with van der Waals surface area (Å²) in [6, 6.07) is 0. The third kappa shape index (κ3) is 2.53. The maximum atomic E-state index is 4.54. The normalized spacial score (nSPS) is 12.5. The van der Waals surface area contributed by atoms with Crippen LogP contribution in [0.25, 0.3) is 0 Å². The van der Waals surface area contributed by atoms with E-state index in [0.29, 0.717) is 5.92 Å². The zero-order valence-corrected chi connectivity index (χ0v) is 11.2. The standard InChI is InChI=1S/C10H16BrNS/c1-6(2)7-8(10(3,4)5)12-9(11)13-7/h6H,1-5H3. The van der Waals surface area contributed by atoms with Gasteiger partial charge in [-0.15, -0.1) is 11.3 Å². The molecule has 0 unspecified atom stereocenters. The van der Waals surface area contributed by atoms with Crippen LogP contribution >= 0.6 is 27.3 Å². The highest BCUT2D eigenvalue weighted by atomic mass is 79.9. The number of hydrogen-bond donors (Lipinski definition) is 0. The molecule has 0 amide bonds. The third-order valence-corrected chi connectivity index (χ3v) is 3.67. The van der Waals surface area contributed by atoms with Crippen molar-refractivity contribution >= 4 is 27.3 Å². The first-order valence-corrected chi connectivity index (χ1v) is 6.10. The Hall–Kier alpha value is 0.110. The fourth-order valence-electron chi connectivity index (χ4n) is 1.23. The molecule has 0 N–H and O–H groups in total. The second-order valence-corrected chi connectivity index (χ2v) is 6.89. The average Bonchev–Trinajstić information content (AvgIpc) is 2.29. The summed E-state index contributed by atoms with van der Waals surface area (Å²) in [5.41, 5.74) is 1.39. The second-order valence-electron chi connectivity index (χ2n) is 4.58. The predicted molar refractivity (Wildman–Crippen MR) is 62.6 cm³/mol. The molecule has 74 valence electrons. The number of rotatable bonds is 1. The molecule has 3 heteroatoms. The van der Waals surface area contributed by atoms with Crippen molar-refractivity contribution in [3.63, 3.8) is 0 Å². The minimum Gasteiger partial charge on any atom is -0.233 e. The van der Waals surface area contributed by atoms with E-state index < -0.39 is 0 Å². The van der Waals surface area contributed by atoms with Crippen molar-refractivity contribution in [3.8, 4) is 0 Å². The summed E-state index contributed by atoms with van der Waals surface area (Å²) in [5.74, 6) is 0.568. The van der Waals surface area contributed by atoms with Crippen LogP contribution in [-0.4, -0.2) is 4.98 Å². The molecule has 13 heavy (non-hydrogen) atoms. The summed E-state index contributed by atoms with van der Waals surface area (Å²) in [7, 11) is 0. The van der Waals surface area contributed by atoms with E-state index in [0.717, 1.165) is 3.92 Å². The quantitative estimate of drug-likeness (QED) is 0.734. The van der Waals surface area contributed by atoms with Gasteiger partial charge in [-0.05, 0) is 21.8 Å². The van der Waals surface area contributed by atoms with Gasteiger partial charge in [0.15, 0.2) is 3.92 Å². The average molecular weight is 262 g/mol. The number of nitrogens with zero attached hydrogens (tertiary/aromatic N) is 1. The Kier molecular flexibility index (Phi) is 3.18. The fourth-order valence-corrected chi connectivity index (χ4v) is 2.94. The summed E-state index contributed by atoms with van der Waals surface area (Å²) >= 11 is 5.21. The summed E-state index contributed by atoms with van der Waals surface area (Å²) in [6.07, 6.45) is 0. The molecule has 0 atom stereocenters. The lowest BCUT2D eigenvalue weighted by molar-refractivity contribution is 0.561. The van der Waals surface area contributed by atoms with Gasteiger partial charge in [-0.3, -0.25) is 0 Å². The van der Waals surface area contributed by atoms with Crippen molar-refractivity contribution < 1.29 is 0 Å². The first-order chi connectivity index (χ1) is 5.82. The van der Waals surface area contributed by atoms with Gasteiger partial charge in [-0.25, -0.2) is 4.98 Å². The highest BCUT2D eigenvalue weighted by Crippen LogP contribution is 2.36. The molecule has 0 saturated carbocycles. The van der Waals surface area contributed by atoms with E-state index in [2.05, 4.69) is 55.5 Å². The smallest absolute Gasteiger partial charge is 0.159 e. The van der Waals surface area contributed by atoms with Crippen molar-refractivity contribution in [2.45, 2.75) is 46.0 Å². The molecule has 0 saturated heterocycles. The van der Waals surface area contributed by atoms with E-state index in [9.17, 15) is 0 Å². The highest BCUT2D eigenvalue weighted by Gasteiger charge is 2.23. The van der Waals surface area contributed by atoms with Gasteiger partial charge in [0.2, 0.25) is 0 Å². The van der Waals surface area contributed by atoms with Crippen LogP contribution in [0.5, 0.6) is 0 Å². The molecule has 0 aliphatic rings. The van der Waals surface area contributed by atoms with E-state index in [4.69, 9.17) is 0 Å².